The van der Waals surface area contributed by atoms with Crippen LogP contribution in [0.4, 0.5) is 4.39 Å². The van der Waals surface area contributed by atoms with E-state index in [1.807, 2.05) is 37.4 Å². The standard InChI is InChI=1S/C20H16FN7/c1-2-19-23-20(18-9-10-27(25-18)15-5-3-14(21)4-6-15)28(26-19)16-7-8-17-13(11-16)12-22-24-17/h3-12H,2H2,1H3,(H,22,24). The van der Waals surface area contributed by atoms with Gasteiger partial charge in [0.1, 0.15) is 11.5 Å². The van der Waals surface area contributed by atoms with E-state index < -0.39 is 0 Å². The molecule has 0 fully saturated rings. The molecule has 28 heavy (non-hydrogen) atoms. The molecule has 0 bridgehead atoms. The van der Waals surface area contributed by atoms with Gasteiger partial charge in [0.25, 0.3) is 0 Å². The molecule has 0 saturated heterocycles. The Kier molecular flexibility index (Phi) is 3.75. The maximum atomic E-state index is 13.2. The van der Waals surface area contributed by atoms with Crippen molar-refractivity contribution in [3.8, 4) is 22.9 Å². The molecule has 1 N–H and O–H groups in total. The van der Waals surface area contributed by atoms with E-state index in [9.17, 15) is 4.39 Å². The van der Waals surface area contributed by atoms with Crippen LogP contribution in [-0.2, 0) is 6.42 Å². The Morgan fingerprint density at radius 1 is 1.00 bits per heavy atom. The fourth-order valence-corrected chi connectivity index (χ4v) is 3.09. The van der Waals surface area contributed by atoms with Crippen molar-refractivity contribution in [3.63, 3.8) is 0 Å². The normalized spacial score (nSPS) is 11.4. The van der Waals surface area contributed by atoms with Crippen molar-refractivity contribution in [2.24, 2.45) is 0 Å². The molecule has 0 aliphatic heterocycles. The van der Waals surface area contributed by atoms with Crippen molar-refractivity contribution in [1.29, 1.82) is 0 Å². The molecule has 0 saturated carbocycles. The molecule has 0 radical (unpaired) electrons. The number of nitrogens with zero attached hydrogens (tertiary/aromatic N) is 6. The first kappa shape index (κ1) is 16.4. The van der Waals surface area contributed by atoms with Crippen LogP contribution in [0.5, 0.6) is 0 Å². The highest BCUT2D eigenvalue weighted by molar-refractivity contribution is 5.80. The second-order valence-corrected chi connectivity index (χ2v) is 6.38. The van der Waals surface area contributed by atoms with Gasteiger partial charge in [-0.15, -0.1) is 0 Å². The average Bonchev–Trinajstić information content (AvgIpc) is 3.46. The Bertz CT molecular complexity index is 1260. The van der Waals surface area contributed by atoms with Crippen molar-refractivity contribution >= 4 is 10.9 Å². The van der Waals surface area contributed by atoms with Crippen LogP contribution >= 0.6 is 0 Å². The smallest absolute Gasteiger partial charge is 0.183 e. The molecule has 3 heterocycles. The van der Waals surface area contributed by atoms with Crippen LogP contribution in [0.25, 0.3) is 33.8 Å². The van der Waals surface area contributed by atoms with E-state index in [1.165, 1.54) is 12.1 Å². The number of aromatic amines is 1. The molecule has 0 amide bonds. The number of benzene rings is 2. The fourth-order valence-electron chi connectivity index (χ4n) is 3.09. The number of nitrogens with one attached hydrogen (secondary N) is 1. The molecule has 0 atom stereocenters. The summed E-state index contributed by atoms with van der Waals surface area (Å²) in [4.78, 5) is 4.66. The summed E-state index contributed by atoms with van der Waals surface area (Å²) < 4.78 is 16.7. The van der Waals surface area contributed by atoms with Gasteiger partial charge in [-0.3, -0.25) is 5.10 Å². The van der Waals surface area contributed by atoms with E-state index in [1.54, 1.807) is 27.7 Å². The predicted octanol–water partition coefficient (Wildman–Crippen LogP) is 3.70. The second-order valence-electron chi connectivity index (χ2n) is 6.38. The average molecular weight is 373 g/mol. The van der Waals surface area contributed by atoms with Gasteiger partial charge in [0.15, 0.2) is 11.6 Å². The number of hydrogen-bond donors (Lipinski definition) is 1. The maximum Gasteiger partial charge on any atom is 0.183 e. The molecular weight excluding hydrogens is 357 g/mol. The van der Waals surface area contributed by atoms with Gasteiger partial charge in [-0.2, -0.15) is 15.3 Å². The minimum atomic E-state index is -0.280. The Morgan fingerprint density at radius 2 is 1.82 bits per heavy atom. The summed E-state index contributed by atoms with van der Waals surface area (Å²) in [5.74, 6) is 1.11. The Morgan fingerprint density at radius 3 is 2.64 bits per heavy atom. The van der Waals surface area contributed by atoms with Crippen LogP contribution in [0.15, 0.2) is 60.9 Å². The summed E-state index contributed by atoms with van der Waals surface area (Å²) in [6.07, 6.45) is 4.32. The maximum absolute atomic E-state index is 13.2. The molecule has 5 rings (SSSR count). The molecule has 0 aliphatic carbocycles. The van der Waals surface area contributed by atoms with Gasteiger partial charge in [0.05, 0.1) is 23.1 Å². The first-order valence-corrected chi connectivity index (χ1v) is 8.92. The zero-order valence-electron chi connectivity index (χ0n) is 15.0. The lowest BCUT2D eigenvalue weighted by molar-refractivity contribution is 0.627. The third kappa shape index (κ3) is 2.75. The molecular formula is C20H16FN7. The van der Waals surface area contributed by atoms with E-state index in [4.69, 9.17) is 0 Å². The van der Waals surface area contributed by atoms with Crippen LogP contribution in [-0.4, -0.2) is 34.7 Å². The zero-order valence-corrected chi connectivity index (χ0v) is 15.0. The van der Waals surface area contributed by atoms with Gasteiger partial charge in [-0.1, -0.05) is 6.92 Å². The summed E-state index contributed by atoms with van der Waals surface area (Å²) in [6.45, 7) is 2.01. The highest BCUT2D eigenvalue weighted by Gasteiger charge is 2.16. The van der Waals surface area contributed by atoms with Crippen LogP contribution in [0, 0.1) is 5.82 Å². The SMILES string of the molecule is CCc1nc(-c2ccn(-c3ccc(F)cc3)n2)n(-c2ccc3[nH]ncc3c2)n1. The summed E-state index contributed by atoms with van der Waals surface area (Å²) in [7, 11) is 0. The molecule has 0 aliphatic rings. The first-order valence-electron chi connectivity index (χ1n) is 8.92. The Hall–Kier alpha value is -3.81. The van der Waals surface area contributed by atoms with Crippen LogP contribution in [0.2, 0.25) is 0 Å². The van der Waals surface area contributed by atoms with Crippen LogP contribution in [0.3, 0.4) is 0 Å². The molecule has 0 unspecified atom stereocenters. The quantitative estimate of drug-likeness (QED) is 0.521. The van der Waals surface area contributed by atoms with Crippen molar-refractivity contribution in [2.45, 2.75) is 13.3 Å². The number of hydrogen-bond acceptors (Lipinski definition) is 4. The molecule has 0 spiro atoms. The lowest BCUT2D eigenvalue weighted by Crippen LogP contribution is -2.01. The number of aromatic nitrogens is 7. The van der Waals surface area contributed by atoms with Crippen LogP contribution < -0.4 is 0 Å². The van der Waals surface area contributed by atoms with E-state index in [0.29, 0.717) is 17.9 Å². The van der Waals surface area contributed by atoms with Crippen LogP contribution in [0.1, 0.15) is 12.7 Å². The molecule has 3 aromatic heterocycles. The third-order valence-electron chi connectivity index (χ3n) is 4.54. The zero-order chi connectivity index (χ0) is 19.1. The second kappa shape index (κ2) is 6.41. The number of halogens is 1. The number of rotatable bonds is 4. The molecule has 8 heteroatoms. The Labute approximate surface area is 159 Å². The van der Waals surface area contributed by atoms with E-state index in [2.05, 4.69) is 25.4 Å². The van der Waals surface area contributed by atoms with Gasteiger partial charge >= 0.3 is 0 Å². The first-order chi connectivity index (χ1) is 13.7. The molecule has 2 aromatic carbocycles. The number of aryl methyl sites for hydroxylation is 1. The molecule has 138 valence electrons. The highest BCUT2D eigenvalue weighted by Crippen LogP contribution is 2.23. The van der Waals surface area contributed by atoms with Gasteiger partial charge < -0.3 is 0 Å². The minimum absolute atomic E-state index is 0.280. The summed E-state index contributed by atoms with van der Waals surface area (Å²) >= 11 is 0. The summed E-state index contributed by atoms with van der Waals surface area (Å²) in [6, 6.07) is 14.0. The lowest BCUT2D eigenvalue weighted by atomic mass is 10.2. The fraction of sp³-hybridized carbons (Fsp3) is 0.100. The van der Waals surface area contributed by atoms with E-state index >= 15 is 0 Å². The summed E-state index contributed by atoms with van der Waals surface area (Å²) in [5, 5.41) is 17.3. The lowest BCUT2D eigenvalue weighted by Gasteiger charge is -2.05. The molecule has 7 nitrogen and oxygen atoms in total. The van der Waals surface area contributed by atoms with Crippen molar-refractivity contribution in [3.05, 3.63) is 72.6 Å². The van der Waals surface area contributed by atoms with Crippen molar-refractivity contribution in [2.75, 3.05) is 0 Å². The van der Waals surface area contributed by atoms with E-state index in [0.717, 1.165) is 28.1 Å². The third-order valence-corrected chi connectivity index (χ3v) is 4.54. The topological polar surface area (TPSA) is 77.2 Å². The van der Waals surface area contributed by atoms with Gasteiger partial charge in [-0.05, 0) is 48.5 Å². The van der Waals surface area contributed by atoms with Crippen molar-refractivity contribution in [1.82, 2.24) is 34.7 Å². The summed E-state index contributed by atoms with van der Waals surface area (Å²) in [5.41, 5.74) is 3.30. The van der Waals surface area contributed by atoms with E-state index in [-0.39, 0.29) is 5.82 Å². The molecule has 5 aromatic rings. The Balaban J connectivity index is 1.60. The van der Waals surface area contributed by atoms with Gasteiger partial charge in [-0.25, -0.2) is 18.7 Å². The number of H-pyrrole nitrogens is 1. The van der Waals surface area contributed by atoms with Gasteiger partial charge in [0.2, 0.25) is 0 Å². The monoisotopic (exact) mass is 373 g/mol. The van der Waals surface area contributed by atoms with Crippen molar-refractivity contribution < 1.29 is 4.39 Å². The van der Waals surface area contributed by atoms with Gasteiger partial charge in [0, 0.05) is 18.0 Å². The predicted molar refractivity (Wildman–Crippen MR) is 103 cm³/mol. The minimum Gasteiger partial charge on any atom is -0.278 e. The number of fused-ring (bicyclic) bond motifs is 1. The largest absolute Gasteiger partial charge is 0.278 e. The highest BCUT2D eigenvalue weighted by atomic mass is 19.1.